The molecule has 0 spiro atoms. The van der Waals surface area contributed by atoms with E-state index in [2.05, 4.69) is 84.9 Å². The van der Waals surface area contributed by atoms with Crippen molar-refractivity contribution in [2.75, 3.05) is 7.11 Å². The van der Waals surface area contributed by atoms with Gasteiger partial charge in [-0.2, -0.15) is 5.10 Å². The first kappa shape index (κ1) is 37.7. The molecule has 0 aliphatic rings. The summed E-state index contributed by atoms with van der Waals surface area (Å²) in [6, 6.07) is 54.7. The van der Waals surface area contributed by atoms with Gasteiger partial charge in [0.1, 0.15) is 11.4 Å². The van der Waals surface area contributed by atoms with Crippen molar-refractivity contribution in [2.45, 2.75) is 44.8 Å². The fourth-order valence-corrected chi connectivity index (χ4v) is 7.78. The third-order valence-electron chi connectivity index (χ3n) is 10.6. The van der Waals surface area contributed by atoms with Crippen LogP contribution in [0.3, 0.4) is 0 Å². The SMILES string of the molecule is CCCCc1nn(Cc2ccccc2C(=O)OC)c(=O)n1Cc1ccc(-c2ccccc2-c2nnnn2C(c2ccccc2)(c2ccccc2)c2ccccc2)cc1. The number of nitrogens with zero attached hydrogens (tertiary/aromatic N) is 7. The normalized spacial score (nSPS) is 11.4. The molecule has 0 atom stereocenters. The lowest BCUT2D eigenvalue weighted by Gasteiger charge is -2.36. The average Bonchev–Trinajstić information content (AvgIpc) is 3.89. The van der Waals surface area contributed by atoms with Crippen LogP contribution in [-0.4, -0.2) is 47.6 Å². The summed E-state index contributed by atoms with van der Waals surface area (Å²) in [6.45, 7) is 2.63. The van der Waals surface area contributed by atoms with Gasteiger partial charge in [-0.3, -0.25) is 4.57 Å². The van der Waals surface area contributed by atoms with Crippen LogP contribution in [0.1, 0.15) is 63.8 Å². The maximum atomic E-state index is 13.9. The van der Waals surface area contributed by atoms with Crippen molar-refractivity contribution in [3.8, 4) is 22.5 Å². The summed E-state index contributed by atoms with van der Waals surface area (Å²) < 4.78 is 10.1. The van der Waals surface area contributed by atoms with Gasteiger partial charge in [-0.1, -0.05) is 171 Å². The molecule has 58 heavy (non-hydrogen) atoms. The summed E-state index contributed by atoms with van der Waals surface area (Å²) in [7, 11) is 1.35. The number of unbranched alkanes of at least 4 members (excludes halogenated alkanes) is 1. The predicted molar refractivity (Wildman–Crippen MR) is 224 cm³/mol. The molecule has 8 aromatic rings. The van der Waals surface area contributed by atoms with E-state index in [1.807, 2.05) is 83.5 Å². The van der Waals surface area contributed by atoms with Gasteiger partial charge in [0.05, 0.1) is 25.8 Å². The number of tetrazole rings is 1. The van der Waals surface area contributed by atoms with Gasteiger partial charge in [0.25, 0.3) is 0 Å². The fraction of sp³-hybridized carbons (Fsp3) is 0.167. The number of aryl methyl sites for hydroxylation is 1. The quantitative estimate of drug-likeness (QED) is 0.0808. The summed E-state index contributed by atoms with van der Waals surface area (Å²) in [6.07, 6.45) is 2.52. The second-order valence-electron chi connectivity index (χ2n) is 14.2. The van der Waals surface area contributed by atoms with Gasteiger partial charge in [-0.15, -0.1) is 5.10 Å². The molecule has 2 heterocycles. The van der Waals surface area contributed by atoms with Gasteiger partial charge in [0.15, 0.2) is 5.82 Å². The zero-order chi connectivity index (χ0) is 39.9. The van der Waals surface area contributed by atoms with Crippen molar-refractivity contribution >= 4 is 5.97 Å². The third-order valence-corrected chi connectivity index (χ3v) is 10.6. The van der Waals surface area contributed by atoms with E-state index in [9.17, 15) is 9.59 Å². The van der Waals surface area contributed by atoms with Crippen molar-refractivity contribution in [3.63, 3.8) is 0 Å². The molecule has 8 rings (SSSR count). The van der Waals surface area contributed by atoms with E-state index in [1.165, 1.54) is 11.8 Å². The van der Waals surface area contributed by atoms with E-state index >= 15 is 0 Å². The number of hydrogen-bond donors (Lipinski definition) is 0. The van der Waals surface area contributed by atoms with E-state index < -0.39 is 11.5 Å². The van der Waals surface area contributed by atoms with Crippen molar-refractivity contribution in [1.29, 1.82) is 0 Å². The molecule has 0 radical (unpaired) electrons. The molecule has 10 heteroatoms. The van der Waals surface area contributed by atoms with Crippen molar-refractivity contribution < 1.29 is 9.53 Å². The van der Waals surface area contributed by atoms with Crippen LogP contribution < -0.4 is 5.69 Å². The first-order valence-electron chi connectivity index (χ1n) is 19.5. The average molecular weight is 766 g/mol. The molecular weight excluding hydrogens is 723 g/mol. The first-order chi connectivity index (χ1) is 28.5. The standard InChI is InChI=1S/C48H43N7O3/c1-3-4-28-44-50-54(34-37-18-14-15-26-42(37)46(56)58-2)47(57)53(44)33-35-29-31-36(32-30-35)41-25-16-17-27-43(41)45-49-51-52-55(45)48(38-19-8-5-9-20-38,39-21-10-6-11-22-39)40-23-12-7-13-24-40/h5-27,29-32H,3-4,28,33-34H2,1-2H3. The highest BCUT2D eigenvalue weighted by Crippen LogP contribution is 2.43. The zero-order valence-corrected chi connectivity index (χ0v) is 32.5. The molecule has 0 saturated heterocycles. The van der Waals surface area contributed by atoms with E-state index in [-0.39, 0.29) is 12.2 Å². The van der Waals surface area contributed by atoms with Crippen LogP contribution in [0.4, 0.5) is 0 Å². The summed E-state index contributed by atoms with van der Waals surface area (Å²) >= 11 is 0. The minimum absolute atomic E-state index is 0.158. The van der Waals surface area contributed by atoms with E-state index in [1.54, 1.807) is 16.7 Å². The summed E-state index contributed by atoms with van der Waals surface area (Å²) in [5.74, 6) is 0.877. The highest BCUT2D eigenvalue weighted by atomic mass is 16.5. The van der Waals surface area contributed by atoms with Gasteiger partial charge in [-0.05, 0) is 61.9 Å². The molecular formula is C48H43N7O3. The Morgan fingerprint density at radius 2 is 1.24 bits per heavy atom. The number of ether oxygens (including phenoxy) is 1. The molecule has 0 unspecified atom stereocenters. The van der Waals surface area contributed by atoms with E-state index in [4.69, 9.17) is 20.1 Å². The molecule has 2 aromatic heterocycles. The van der Waals surface area contributed by atoms with Crippen molar-refractivity contribution in [1.82, 2.24) is 34.6 Å². The lowest BCUT2D eigenvalue weighted by Crippen LogP contribution is -2.39. The lowest BCUT2D eigenvalue weighted by atomic mass is 9.77. The van der Waals surface area contributed by atoms with Crippen molar-refractivity contribution in [3.05, 3.63) is 213 Å². The Kier molecular flexibility index (Phi) is 11.0. The maximum Gasteiger partial charge on any atom is 0.346 e. The molecule has 288 valence electrons. The Labute approximate surface area is 337 Å². The molecule has 10 nitrogen and oxygen atoms in total. The number of benzene rings is 6. The number of aromatic nitrogens is 7. The summed E-state index contributed by atoms with van der Waals surface area (Å²) in [4.78, 5) is 26.4. The number of rotatable bonds is 14. The first-order valence-corrected chi connectivity index (χ1v) is 19.5. The Morgan fingerprint density at radius 3 is 1.84 bits per heavy atom. The van der Waals surface area contributed by atoms with Crippen LogP contribution in [0.15, 0.2) is 169 Å². The molecule has 0 fully saturated rings. The van der Waals surface area contributed by atoms with Crippen LogP contribution in [0.2, 0.25) is 0 Å². The minimum atomic E-state index is -0.895. The second-order valence-corrected chi connectivity index (χ2v) is 14.2. The number of esters is 1. The highest BCUT2D eigenvalue weighted by molar-refractivity contribution is 5.91. The van der Waals surface area contributed by atoms with Crippen LogP contribution in [0.25, 0.3) is 22.5 Å². The fourth-order valence-electron chi connectivity index (χ4n) is 7.78. The lowest BCUT2D eigenvalue weighted by molar-refractivity contribution is 0.0599. The molecule has 6 aromatic carbocycles. The smallest absolute Gasteiger partial charge is 0.346 e. The number of carbonyl (C=O) groups is 1. The highest BCUT2D eigenvalue weighted by Gasteiger charge is 2.42. The monoisotopic (exact) mass is 765 g/mol. The molecule has 0 saturated carbocycles. The van der Waals surface area contributed by atoms with Crippen LogP contribution >= 0.6 is 0 Å². The summed E-state index contributed by atoms with van der Waals surface area (Å²) in [5.41, 5.74) is 6.80. The largest absolute Gasteiger partial charge is 0.465 e. The topological polar surface area (TPSA) is 110 Å². The van der Waals surface area contributed by atoms with Gasteiger partial charge in [-0.25, -0.2) is 19.0 Å². The van der Waals surface area contributed by atoms with Crippen LogP contribution in [-0.2, 0) is 29.8 Å². The van der Waals surface area contributed by atoms with Gasteiger partial charge in [0, 0.05) is 12.0 Å². The predicted octanol–water partition coefficient (Wildman–Crippen LogP) is 8.43. The van der Waals surface area contributed by atoms with Gasteiger partial charge in [0.2, 0.25) is 0 Å². The Hall–Kier alpha value is -7.20. The minimum Gasteiger partial charge on any atom is -0.465 e. The number of carbonyl (C=O) groups excluding carboxylic acids is 1. The van der Waals surface area contributed by atoms with Crippen LogP contribution in [0.5, 0.6) is 0 Å². The maximum absolute atomic E-state index is 13.9. The van der Waals surface area contributed by atoms with Crippen molar-refractivity contribution in [2.24, 2.45) is 0 Å². The molecule has 0 aliphatic heterocycles. The number of methoxy groups -OCH3 is 1. The molecule has 0 aliphatic carbocycles. The molecule has 0 N–H and O–H groups in total. The number of hydrogen-bond acceptors (Lipinski definition) is 7. The Morgan fingerprint density at radius 1 is 0.672 bits per heavy atom. The van der Waals surface area contributed by atoms with Gasteiger partial charge >= 0.3 is 11.7 Å². The summed E-state index contributed by atoms with van der Waals surface area (Å²) in [5, 5.41) is 18.6. The molecule has 0 bridgehead atoms. The Balaban J connectivity index is 1.17. The van der Waals surface area contributed by atoms with E-state index in [0.717, 1.165) is 51.8 Å². The Bertz CT molecular complexity index is 2590. The third kappa shape index (κ3) is 7.16. The molecule has 0 amide bonds. The van der Waals surface area contributed by atoms with E-state index in [0.29, 0.717) is 35.7 Å². The van der Waals surface area contributed by atoms with Crippen LogP contribution in [0, 0.1) is 0 Å². The van der Waals surface area contributed by atoms with Gasteiger partial charge < -0.3 is 4.74 Å². The zero-order valence-electron chi connectivity index (χ0n) is 32.5. The second kappa shape index (κ2) is 16.9.